The summed E-state index contributed by atoms with van der Waals surface area (Å²) in [6, 6.07) is -2.85. The van der Waals surface area contributed by atoms with E-state index in [0.717, 1.165) is 6.92 Å². The van der Waals surface area contributed by atoms with Crippen LogP contribution in [0.1, 0.15) is 53.0 Å². The molecule has 0 spiro atoms. The fraction of sp³-hybridized carbons (Fsp3) is 0.581. The molecule has 0 unspecified atom stereocenters. The van der Waals surface area contributed by atoms with E-state index in [1.807, 2.05) is 0 Å². The van der Waals surface area contributed by atoms with E-state index in [-0.39, 0.29) is 24.5 Å². The van der Waals surface area contributed by atoms with E-state index in [0.29, 0.717) is 5.56 Å². The van der Waals surface area contributed by atoms with Crippen LogP contribution < -0.4 is 38.1 Å². The number of rotatable bonds is 20. The minimum Gasteiger partial charge on any atom is -0.508 e. The van der Waals surface area contributed by atoms with Crippen LogP contribution in [0.2, 0.25) is 0 Å². The number of carbonyl (C=O) groups excluding carboxylic acids is 6. The van der Waals surface area contributed by atoms with Gasteiger partial charge in [0.15, 0.2) is 0 Å². The summed E-state index contributed by atoms with van der Waals surface area (Å²) in [4.78, 5) is 88.5. The van der Waals surface area contributed by atoms with Crippen LogP contribution in [0.3, 0.4) is 0 Å². The Morgan fingerprint density at radius 3 is 1.67 bits per heavy atom. The van der Waals surface area contributed by atoms with E-state index >= 15 is 0 Å². The van der Waals surface area contributed by atoms with Gasteiger partial charge in [0.25, 0.3) is 0 Å². The van der Waals surface area contributed by atoms with Crippen molar-refractivity contribution >= 4 is 41.4 Å². The number of aliphatic hydroxyl groups is 2. The molecule has 6 amide bonds. The summed E-state index contributed by atoms with van der Waals surface area (Å²) in [6.45, 7) is 6.74. The fourth-order valence-corrected chi connectivity index (χ4v) is 4.53. The van der Waals surface area contributed by atoms with Crippen LogP contribution in [-0.2, 0) is 40.0 Å². The summed E-state index contributed by atoms with van der Waals surface area (Å²) in [5.74, 6) is -7.90. The second-order valence-electron chi connectivity index (χ2n) is 12.4. The van der Waals surface area contributed by atoms with Gasteiger partial charge in [0, 0.05) is 0 Å². The average Bonchev–Trinajstić information content (AvgIpc) is 3.00. The molecular formula is C31H49N7O11. The summed E-state index contributed by atoms with van der Waals surface area (Å²) < 4.78 is 0. The highest BCUT2D eigenvalue weighted by Crippen LogP contribution is 2.12. The molecule has 0 fully saturated rings. The van der Waals surface area contributed by atoms with Gasteiger partial charge < -0.3 is 58.5 Å². The zero-order valence-electron chi connectivity index (χ0n) is 28.1. The molecule has 0 radical (unpaired) electrons. The number of hydrogen-bond donors (Lipinski definition) is 11. The highest BCUT2D eigenvalue weighted by Gasteiger charge is 2.35. The second kappa shape index (κ2) is 19.9. The molecule has 0 aliphatic rings. The summed E-state index contributed by atoms with van der Waals surface area (Å²) in [7, 11) is 0. The maximum atomic E-state index is 13.4. The Balaban J connectivity index is 3.10. The molecule has 18 nitrogen and oxygen atoms in total. The van der Waals surface area contributed by atoms with Crippen molar-refractivity contribution in [3.05, 3.63) is 29.8 Å². The Morgan fingerprint density at radius 2 is 1.20 bits per heavy atom. The summed E-state index contributed by atoms with van der Waals surface area (Å²) >= 11 is 0. The quantitative estimate of drug-likeness (QED) is 0.0640. The van der Waals surface area contributed by atoms with Gasteiger partial charge in [0.1, 0.15) is 36.0 Å². The molecule has 0 aliphatic carbocycles. The van der Waals surface area contributed by atoms with Crippen molar-refractivity contribution in [2.24, 2.45) is 23.3 Å². The Labute approximate surface area is 283 Å². The third-order valence-electron chi connectivity index (χ3n) is 7.22. The second-order valence-corrected chi connectivity index (χ2v) is 12.4. The van der Waals surface area contributed by atoms with Crippen molar-refractivity contribution in [3.8, 4) is 5.75 Å². The van der Waals surface area contributed by atoms with Crippen LogP contribution in [0.25, 0.3) is 0 Å². The molecule has 1 rings (SSSR count). The molecule has 0 bridgehead atoms. The molecule has 0 saturated carbocycles. The molecule has 0 saturated heterocycles. The first-order valence-electron chi connectivity index (χ1n) is 15.6. The average molecular weight is 696 g/mol. The van der Waals surface area contributed by atoms with Gasteiger partial charge >= 0.3 is 5.97 Å². The van der Waals surface area contributed by atoms with Gasteiger partial charge in [-0.1, -0.05) is 39.8 Å². The van der Waals surface area contributed by atoms with Crippen molar-refractivity contribution in [2.45, 2.75) is 96.2 Å². The summed E-state index contributed by atoms with van der Waals surface area (Å²) in [5, 5.41) is 50.3. The van der Waals surface area contributed by atoms with E-state index in [2.05, 4.69) is 26.6 Å². The van der Waals surface area contributed by atoms with Gasteiger partial charge in [-0.05, 0) is 49.3 Å². The van der Waals surface area contributed by atoms with Gasteiger partial charge in [-0.15, -0.1) is 0 Å². The number of aliphatic hydroxyl groups excluding tert-OH is 2. The number of carbonyl (C=O) groups is 7. The number of carboxylic acids is 1. The normalized spacial score (nSPS) is 15.5. The predicted octanol–water partition coefficient (Wildman–Crippen LogP) is -3.28. The lowest BCUT2D eigenvalue weighted by Gasteiger charge is -2.28. The number of phenols is 1. The molecule has 7 atom stereocenters. The monoisotopic (exact) mass is 695 g/mol. The van der Waals surface area contributed by atoms with Gasteiger partial charge in [0.05, 0.1) is 25.2 Å². The van der Waals surface area contributed by atoms with Crippen molar-refractivity contribution in [1.29, 1.82) is 0 Å². The summed E-state index contributed by atoms with van der Waals surface area (Å²) in [5.41, 5.74) is 11.9. The lowest BCUT2D eigenvalue weighted by Crippen LogP contribution is -2.62. The number of benzene rings is 1. The molecule has 1 aromatic rings. The van der Waals surface area contributed by atoms with Gasteiger partial charge in [-0.25, -0.2) is 4.79 Å². The number of carboxylic acid groups (broad SMARTS) is 1. The molecular weight excluding hydrogens is 646 g/mol. The Morgan fingerprint density at radius 1 is 0.714 bits per heavy atom. The number of nitrogens with one attached hydrogen (secondary N) is 5. The van der Waals surface area contributed by atoms with Crippen molar-refractivity contribution in [1.82, 2.24) is 26.6 Å². The molecule has 0 aromatic heterocycles. The molecule has 0 aliphatic heterocycles. The maximum Gasteiger partial charge on any atom is 0.326 e. The van der Waals surface area contributed by atoms with Crippen LogP contribution in [0.4, 0.5) is 0 Å². The first kappa shape index (κ1) is 42.2. The SMILES string of the molecule is CC(C)C[C@H](NC(=O)[C@H](CC(N)=O)NC(=O)[C@@H](N)Cc1ccc(O)cc1)C(=O)N[C@H](C(=O)N[C@@H](CO)C(=O)N[C@H](C(=O)O)C(C)C)[C@@H](C)O. The smallest absolute Gasteiger partial charge is 0.326 e. The van der Waals surface area contributed by atoms with E-state index in [9.17, 15) is 54.0 Å². The van der Waals surface area contributed by atoms with Gasteiger partial charge in [0.2, 0.25) is 35.4 Å². The van der Waals surface area contributed by atoms with E-state index < -0.39 is 103 Å². The topological polar surface area (TPSA) is 313 Å². The largest absolute Gasteiger partial charge is 0.508 e. The fourth-order valence-electron chi connectivity index (χ4n) is 4.53. The third kappa shape index (κ3) is 14.5. The van der Waals surface area contributed by atoms with Gasteiger partial charge in [-0.3, -0.25) is 28.8 Å². The summed E-state index contributed by atoms with van der Waals surface area (Å²) in [6.07, 6.45) is -2.19. The van der Waals surface area contributed by atoms with Crippen molar-refractivity contribution in [2.75, 3.05) is 6.61 Å². The van der Waals surface area contributed by atoms with E-state index in [4.69, 9.17) is 11.5 Å². The zero-order chi connectivity index (χ0) is 37.6. The number of primary amides is 1. The zero-order valence-corrected chi connectivity index (χ0v) is 28.1. The molecule has 274 valence electrons. The standard InChI is InChI=1S/C31H49N7O11/c1-14(2)10-20(35-27(44)21(12-23(33)42)34-26(43)19(32)11-17-6-8-18(41)9-7-17)28(45)38-25(16(5)40)30(47)36-22(13-39)29(46)37-24(15(3)4)31(48)49/h6-9,14-16,19-22,24-25,39-41H,10-13,32H2,1-5H3,(H2,33,42)(H,34,43)(H,35,44)(H,36,47)(H,37,46)(H,38,45)(H,48,49)/t16-,19+,20+,21+,22+,24+,25+/m1/s1. The number of nitrogens with two attached hydrogens (primary N) is 2. The minimum absolute atomic E-state index is 0.00320. The number of hydrogen-bond acceptors (Lipinski definition) is 11. The highest BCUT2D eigenvalue weighted by atomic mass is 16.4. The number of amides is 6. The number of phenolic OH excluding ortho intramolecular Hbond substituents is 1. The van der Waals surface area contributed by atoms with Crippen LogP contribution in [-0.4, -0.2) is 111 Å². The Hall–Kier alpha value is -4.81. The first-order valence-corrected chi connectivity index (χ1v) is 15.6. The van der Waals surface area contributed by atoms with Crippen LogP contribution >= 0.6 is 0 Å². The minimum atomic E-state index is -1.71. The van der Waals surface area contributed by atoms with Crippen LogP contribution in [0.5, 0.6) is 5.75 Å². The first-order chi connectivity index (χ1) is 22.8. The van der Waals surface area contributed by atoms with Crippen molar-refractivity contribution < 1.29 is 54.0 Å². The number of aromatic hydroxyl groups is 1. The molecule has 49 heavy (non-hydrogen) atoms. The molecule has 1 aromatic carbocycles. The Kier molecular flexibility index (Phi) is 17.1. The highest BCUT2D eigenvalue weighted by molar-refractivity contribution is 5.97. The van der Waals surface area contributed by atoms with Crippen molar-refractivity contribution in [3.63, 3.8) is 0 Å². The van der Waals surface area contributed by atoms with E-state index in [1.165, 1.54) is 26.0 Å². The molecule has 13 N–H and O–H groups in total. The molecule has 18 heteroatoms. The van der Waals surface area contributed by atoms with Crippen LogP contribution in [0.15, 0.2) is 24.3 Å². The number of aliphatic carboxylic acids is 1. The Bertz CT molecular complexity index is 1320. The van der Waals surface area contributed by atoms with Gasteiger partial charge in [-0.2, -0.15) is 0 Å². The third-order valence-corrected chi connectivity index (χ3v) is 7.22. The predicted molar refractivity (Wildman–Crippen MR) is 174 cm³/mol. The van der Waals surface area contributed by atoms with Crippen LogP contribution in [0, 0.1) is 11.8 Å². The lowest BCUT2D eigenvalue weighted by atomic mass is 10.0. The lowest BCUT2D eigenvalue weighted by molar-refractivity contribution is -0.144. The van der Waals surface area contributed by atoms with E-state index in [1.54, 1.807) is 26.0 Å². The maximum absolute atomic E-state index is 13.4. The molecule has 0 heterocycles.